The predicted molar refractivity (Wildman–Crippen MR) is 483 cm³/mol. The highest BCUT2D eigenvalue weighted by atomic mass is 79.9. The van der Waals surface area contributed by atoms with E-state index in [4.69, 9.17) is 43.0 Å². The number of rotatable bonds is 64. The quantitative estimate of drug-likeness (QED) is 0.0296. The number of carbonyl (C=O) groups is 12. The molecular formula is C77H136Br8N12O22. The topological polar surface area (TPSA) is 464 Å². The Morgan fingerprint density at radius 3 is 0.580 bits per heavy atom. The summed E-state index contributed by atoms with van der Waals surface area (Å²) in [5.41, 5.74) is -5.86. The number of hydrogen-bond donors (Lipinski definition) is 14. The number of aliphatic hydroxyl groups is 2. The van der Waals surface area contributed by atoms with Crippen molar-refractivity contribution in [2.24, 2.45) is 27.1 Å². The average Bonchev–Trinajstić information content (AvgIpc) is 0.843. The van der Waals surface area contributed by atoms with Gasteiger partial charge in [0.05, 0.1) is 147 Å². The molecule has 34 nitrogen and oxygen atoms in total. The zero-order valence-corrected chi connectivity index (χ0v) is 85.5. The van der Waals surface area contributed by atoms with E-state index >= 15 is 0 Å². The predicted octanol–water partition coefficient (Wildman–Crippen LogP) is 4.42. The smallest absolute Gasteiger partial charge is 0.236 e. The molecule has 692 valence electrons. The lowest BCUT2D eigenvalue weighted by atomic mass is 9.86. The second kappa shape index (κ2) is 54.3. The van der Waals surface area contributed by atoms with Gasteiger partial charge in [0.25, 0.3) is 0 Å². The lowest BCUT2D eigenvalue weighted by Gasteiger charge is -2.36. The summed E-state index contributed by atoms with van der Waals surface area (Å²) in [4.78, 5) is 164. The molecule has 0 aliphatic rings. The first-order valence-electron chi connectivity index (χ1n) is 39.2. The van der Waals surface area contributed by atoms with Gasteiger partial charge in [-0.3, -0.25) is 57.5 Å². The molecule has 0 bridgehead atoms. The second-order valence-electron chi connectivity index (χ2n) is 34.7. The van der Waals surface area contributed by atoms with E-state index in [1.807, 2.05) is 0 Å². The van der Waals surface area contributed by atoms with Gasteiger partial charge in [0.2, 0.25) is 70.9 Å². The summed E-state index contributed by atoms with van der Waals surface area (Å²) in [5, 5.41) is 53.5. The van der Waals surface area contributed by atoms with Crippen LogP contribution >= 0.6 is 127 Å². The van der Waals surface area contributed by atoms with Gasteiger partial charge in [-0.2, -0.15) is 0 Å². The molecule has 0 aromatic carbocycles. The Labute approximate surface area is 770 Å². The first-order valence-corrected chi connectivity index (χ1v) is 45.5. The number of aliphatic hydroxyl groups excluding tert-OH is 2. The highest BCUT2D eigenvalue weighted by Gasteiger charge is 2.43. The molecule has 0 saturated carbocycles. The van der Waals surface area contributed by atoms with Crippen molar-refractivity contribution in [1.82, 2.24) is 63.8 Å². The summed E-state index contributed by atoms with van der Waals surface area (Å²) in [6.07, 6.45) is -1.86. The molecule has 0 heterocycles. The highest BCUT2D eigenvalue weighted by molar-refractivity contribution is 9.11. The maximum atomic E-state index is 14.4. The zero-order chi connectivity index (χ0) is 91.8. The lowest BCUT2D eigenvalue weighted by molar-refractivity contribution is -0.130. The molecule has 0 saturated heterocycles. The molecule has 42 heteroatoms. The maximum Gasteiger partial charge on any atom is 0.236 e. The van der Waals surface area contributed by atoms with E-state index in [0.29, 0.717) is 0 Å². The van der Waals surface area contributed by atoms with Crippen LogP contribution in [0.15, 0.2) is 0 Å². The molecule has 0 spiro atoms. The normalized spacial score (nSPS) is 13.3. The number of ether oxygens (including phenoxy) is 8. The molecule has 0 fully saturated rings. The minimum Gasteiger partial charge on any atom is -0.394 e. The SMILES string of the molecule is CC(C)(C)C(=O)NCC(CNC(=O)C(C)(C)Br)(CNC(=O)C(C)(C)Br)COCCC(=O)NCC(CNC(=O)CCOCC(CNC(=O)C(C)(C)Br)(CNC(=O)C(C)(C)Br)CNC(=O)C(C)(C)Br)(CNC(=O)CCOCC(CNC(=O)C(C)(C)Br)(CNC(=O)C(C)(C)Br)CNC(=O)C(C)(C)Br)COCCOCCOCCOCCOCC(O)CO. The van der Waals surface area contributed by atoms with Gasteiger partial charge in [0.1, 0.15) is 6.10 Å². The Hall–Kier alpha value is -2.92. The van der Waals surface area contributed by atoms with Crippen molar-refractivity contribution in [2.75, 3.05) is 191 Å². The van der Waals surface area contributed by atoms with E-state index in [9.17, 15) is 62.6 Å². The van der Waals surface area contributed by atoms with Crippen LogP contribution in [-0.4, -0.2) is 313 Å². The largest absolute Gasteiger partial charge is 0.394 e. The standard InChI is InChI=1S/C77H136Br8N12O22/c1-65(2,3)56(103)89-39-75(40-90-57(104)66(4,5)78,41-91-58(105)67(6,7)79)48-116-23-20-53(100)86-36-74(51-119-33-31-114-29-27-112-26-28-113-30-32-115-35-52(99)34-98,37-87-54(101)21-24-117-49-76(42-92-59(106)68(8,9)80,43-93-60(107)69(10,11)81)44-94-61(108)70(12,13)82)38-88-55(102)22-25-118-50-77(45-95-62(109)71(14,15)83,46-96-63(110)72(16,17)84)47-97-64(111)73(18,19)85/h52,98-99H,20-51H2,1-19H3,(H,86,100)(H,87,101)(H,88,102)(H,89,103)(H,90,104)(H,91,105)(H,92,106)(H,93,107)(H,94,108)(H,95,109)(H,96,110)(H,97,111). The molecule has 0 aliphatic heterocycles. The molecule has 119 heavy (non-hydrogen) atoms. The van der Waals surface area contributed by atoms with Crippen molar-refractivity contribution in [1.29, 1.82) is 0 Å². The van der Waals surface area contributed by atoms with Crippen LogP contribution in [0.25, 0.3) is 0 Å². The Bertz CT molecular complexity index is 2660. The zero-order valence-electron chi connectivity index (χ0n) is 72.8. The van der Waals surface area contributed by atoms with E-state index < -0.39 is 139 Å². The van der Waals surface area contributed by atoms with Crippen LogP contribution in [0.4, 0.5) is 0 Å². The number of nitrogens with one attached hydrogen (secondary N) is 12. The van der Waals surface area contributed by atoms with E-state index in [1.54, 1.807) is 132 Å². The molecule has 14 N–H and O–H groups in total. The molecule has 0 aromatic rings. The van der Waals surface area contributed by atoms with Crippen molar-refractivity contribution in [3.63, 3.8) is 0 Å². The number of alkyl halides is 8. The molecule has 1 atom stereocenters. The summed E-state index contributed by atoms with van der Waals surface area (Å²) in [7, 11) is 0. The third kappa shape index (κ3) is 52.1. The molecule has 12 amide bonds. The van der Waals surface area contributed by atoms with Gasteiger partial charge in [-0.15, -0.1) is 0 Å². The van der Waals surface area contributed by atoms with E-state index in [2.05, 4.69) is 191 Å². The summed E-state index contributed by atoms with van der Waals surface area (Å²) < 4.78 is 39.2. The van der Waals surface area contributed by atoms with Crippen molar-refractivity contribution in [3.05, 3.63) is 0 Å². The van der Waals surface area contributed by atoms with Gasteiger partial charge >= 0.3 is 0 Å². The van der Waals surface area contributed by atoms with E-state index in [1.165, 1.54) is 0 Å². The third-order valence-corrected chi connectivity index (χ3v) is 20.5. The van der Waals surface area contributed by atoms with Gasteiger partial charge in [0.15, 0.2) is 0 Å². The van der Waals surface area contributed by atoms with Crippen LogP contribution in [0.1, 0.15) is 151 Å². The first kappa shape index (κ1) is 116. The first-order chi connectivity index (χ1) is 54.4. The molecule has 0 aromatic heterocycles. The molecular weight excluding hydrogens is 2080 g/mol. The summed E-state index contributed by atoms with van der Waals surface area (Å²) in [6.45, 7) is 28.9. The van der Waals surface area contributed by atoms with E-state index in [-0.39, 0.29) is 209 Å². The van der Waals surface area contributed by atoms with Gasteiger partial charge in [-0.25, -0.2) is 0 Å². The number of carbonyl (C=O) groups excluding carboxylic acids is 12. The molecule has 0 rings (SSSR count). The van der Waals surface area contributed by atoms with Crippen LogP contribution in [0.5, 0.6) is 0 Å². The highest BCUT2D eigenvalue weighted by Crippen LogP contribution is 2.28. The summed E-state index contributed by atoms with van der Waals surface area (Å²) in [6, 6.07) is 0. The fourth-order valence-electron chi connectivity index (χ4n) is 9.54. The number of halogens is 8. The summed E-state index contributed by atoms with van der Waals surface area (Å²) in [5.74, 6) is -5.27. The van der Waals surface area contributed by atoms with Crippen molar-refractivity contribution in [3.8, 4) is 0 Å². The van der Waals surface area contributed by atoms with Gasteiger partial charge < -0.3 is 112 Å². The van der Waals surface area contributed by atoms with Crippen molar-refractivity contribution >= 4 is 198 Å². The van der Waals surface area contributed by atoms with Gasteiger partial charge in [-0.05, 0) is 111 Å². The minimum atomic E-state index is -1.40. The third-order valence-electron chi connectivity index (χ3n) is 17.7. The van der Waals surface area contributed by atoms with Crippen LogP contribution < -0.4 is 63.8 Å². The van der Waals surface area contributed by atoms with Gasteiger partial charge in [0, 0.05) is 125 Å². The molecule has 0 aliphatic carbocycles. The number of hydrogen-bond acceptors (Lipinski definition) is 22. The Balaban J connectivity index is 7.92. The van der Waals surface area contributed by atoms with E-state index in [0.717, 1.165) is 0 Å². The number of amides is 12. The maximum absolute atomic E-state index is 14.4. The van der Waals surface area contributed by atoms with Crippen molar-refractivity contribution in [2.45, 2.75) is 192 Å². The van der Waals surface area contributed by atoms with Gasteiger partial charge in [-0.1, -0.05) is 148 Å². The second-order valence-corrected chi connectivity index (χ2v) is 50.6. The fraction of sp³-hybridized carbons (Fsp3) is 0.844. The van der Waals surface area contributed by atoms with Crippen LogP contribution in [0.2, 0.25) is 0 Å². The van der Waals surface area contributed by atoms with Crippen LogP contribution in [0.3, 0.4) is 0 Å². The average molecular weight is 2220 g/mol. The Morgan fingerprint density at radius 2 is 0.403 bits per heavy atom. The monoisotopic (exact) mass is 2210 g/mol. The fourth-order valence-corrected chi connectivity index (χ4v) is 10.7. The molecule has 1 unspecified atom stereocenters. The van der Waals surface area contributed by atoms with Crippen LogP contribution in [0, 0.1) is 27.1 Å². The van der Waals surface area contributed by atoms with Crippen molar-refractivity contribution < 1.29 is 106 Å². The lowest BCUT2D eigenvalue weighted by Crippen LogP contribution is -2.57. The van der Waals surface area contributed by atoms with Crippen LogP contribution in [-0.2, 0) is 95.4 Å². The summed E-state index contributed by atoms with van der Waals surface area (Å²) >= 11 is 27.2. The Kier molecular flexibility index (Phi) is 53.0. The Morgan fingerprint density at radius 1 is 0.244 bits per heavy atom. The minimum absolute atomic E-state index is 0.0306. The molecule has 0 radical (unpaired) electrons.